The van der Waals surface area contributed by atoms with Gasteiger partial charge >= 0.3 is 0 Å². The number of ether oxygens (including phenoxy) is 2. The summed E-state index contributed by atoms with van der Waals surface area (Å²) in [6.07, 6.45) is 6.90. The van der Waals surface area contributed by atoms with Crippen molar-refractivity contribution >= 4 is 16.6 Å². The van der Waals surface area contributed by atoms with Crippen molar-refractivity contribution < 1.29 is 9.47 Å². The molecule has 1 aliphatic heterocycles. The third kappa shape index (κ3) is 4.35. The van der Waals surface area contributed by atoms with E-state index in [1.807, 2.05) is 19.1 Å². The highest BCUT2D eigenvalue weighted by Crippen LogP contribution is 2.39. The molecule has 2 aromatic heterocycles. The van der Waals surface area contributed by atoms with Gasteiger partial charge < -0.3 is 18.9 Å². The monoisotopic (exact) mass is 477 g/mol. The van der Waals surface area contributed by atoms with E-state index in [1.165, 1.54) is 48.6 Å². The highest BCUT2D eigenvalue weighted by molar-refractivity contribution is 5.99. The first-order chi connectivity index (χ1) is 17.0. The van der Waals surface area contributed by atoms with Gasteiger partial charge in [0.1, 0.15) is 11.5 Å². The summed E-state index contributed by atoms with van der Waals surface area (Å²) >= 11 is 0. The van der Waals surface area contributed by atoms with Crippen molar-refractivity contribution in [3.05, 3.63) is 35.3 Å². The maximum Gasteiger partial charge on any atom is 0.161 e. The quantitative estimate of drug-likeness (QED) is 0.486. The summed E-state index contributed by atoms with van der Waals surface area (Å²) < 4.78 is 13.8. The molecule has 3 heterocycles. The molecule has 1 saturated heterocycles. The Kier molecular flexibility index (Phi) is 6.87. The number of rotatable bonds is 6. The number of hydrogen-bond acceptors (Lipinski definition) is 6. The maximum absolute atomic E-state index is 5.79. The van der Waals surface area contributed by atoms with Crippen LogP contribution in [-0.2, 0) is 0 Å². The average molecular weight is 478 g/mol. The minimum atomic E-state index is 0.627. The molecule has 0 radical (unpaired) electrons. The fourth-order valence-electron chi connectivity index (χ4n) is 6.20. The largest absolute Gasteiger partial charge is 0.494 e. The summed E-state index contributed by atoms with van der Waals surface area (Å²) in [5.41, 5.74) is 4.31. The number of methoxy groups -OCH3 is 1. The number of fused-ring (bicyclic) bond motifs is 1. The number of hydrogen-bond donors (Lipinski definition) is 0. The molecule has 1 aromatic carbocycles. The number of benzene rings is 1. The summed E-state index contributed by atoms with van der Waals surface area (Å²) in [7, 11) is 1.72. The van der Waals surface area contributed by atoms with E-state index in [9.17, 15) is 0 Å². The lowest BCUT2D eigenvalue weighted by Gasteiger charge is -2.41. The molecule has 7 nitrogen and oxygen atoms in total. The summed E-state index contributed by atoms with van der Waals surface area (Å²) in [6, 6.07) is 6.84. The Hall–Kier alpha value is -2.80. The van der Waals surface area contributed by atoms with Crippen LogP contribution in [0.5, 0.6) is 11.5 Å². The second-order valence-electron chi connectivity index (χ2n) is 9.95. The summed E-state index contributed by atoms with van der Waals surface area (Å²) in [4.78, 5) is 5.16. The Labute approximate surface area is 209 Å². The zero-order valence-electron chi connectivity index (χ0n) is 21.9. The molecule has 0 amide bonds. The van der Waals surface area contributed by atoms with Crippen molar-refractivity contribution in [2.45, 2.75) is 65.8 Å². The van der Waals surface area contributed by atoms with Crippen molar-refractivity contribution in [2.24, 2.45) is 0 Å². The van der Waals surface area contributed by atoms with E-state index in [-0.39, 0.29) is 0 Å². The summed E-state index contributed by atoms with van der Waals surface area (Å²) in [6.45, 7) is 13.2. The first-order valence-corrected chi connectivity index (χ1v) is 13.2. The van der Waals surface area contributed by atoms with Crippen LogP contribution in [0.15, 0.2) is 18.2 Å². The Morgan fingerprint density at radius 3 is 2.31 bits per heavy atom. The second kappa shape index (κ2) is 10.1. The SMILES string of the molecule is CCOc1ccc(-n2c(C)c3c(C)nnc(N4CCN(C5CCCCC5)CC4)c3c2C)c(OC)c1. The molecule has 2 fully saturated rings. The first-order valence-electron chi connectivity index (χ1n) is 13.2. The third-order valence-corrected chi connectivity index (χ3v) is 7.93. The Bertz CT molecular complexity index is 1190. The minimum absolute atomic E-state index is 0.627. The summed E-state index contributed by atoms with van der Waals surface area (Å²) in [5, 5.41) is 11.8. The van der Waals surface area contributed by atoms with Gasteiger partial charge in [0, 0.05) is 60.4 Å². The van der Waals surface area contributed by atoms with Crippen LogP contribution in [0.25, 0.3) is 16.5 Å². The number of nitrogens with zero attached hydrogens (tertiary/aromatic N) is 5. The van der Waals surface area contributed by atoms with E-state index >= 15 is 0 Å². The molecule has 2 aliphatic rings. The molecule has 0 unspecified atom stereocenters. The van der Waals surface area contributed by atoms with Gasteiger partial charge in [0.15, 0.2) is 5.82 Å². The lowest BCUT2D eigenvalue weighted by Crippen LogP contribution is -2.51. The average Bonchev–Trinajstić information content (AvgIpc) is 3.16. The molecule has 5 rings (SSSR count). The maximum atomic E-state index is 5.79. The molecule has 1 saturated carbocycles. The second-order valence-corrected chi connectivity index (χ2v) is 9.95. The van der Waals surface area contributed by atoms with E-state index in [0.29, 0.717) is 6.61 Å². The predicted molar refractivity (Wildman–Crippen MR) is 141 cm³/mol. The Balaban J connectivity index is 1.52. The molecule has 1 aliphatic carbocycles. The number of anilines is 1. The molecule has 0 spiro atoms. The molecular formula is C28H39N5O2. The van der Waals surface area contributed by atoms with Gasteiger partial charge in [0.2, 0.25) is 0 Å². The standard InChI is InChI=1S/C28H39N5O2/c1-6-35-23-12-13-24(25(18-23)34-5)33-20(3)26-19(2)29-30-28(27(26)21(33)4)32-16-14-31(15-17-32)22-10-8-7-9-11-22/h12-13,18,22H,6-11,14-17H2,1-5H3. The predicted octanol–water partition coefficient (Wildman–Crippen LogP) is 5.21. The van der Waals surface area contributed by atoms with E-state index in [2.05, 4.69) is 46.3 Å². The van der Waals surface area contributed by atoms with Crippen LogP contribution in [-0.4, -0.2) is 65.6 Å². The van der Waals surface area contributed by atoms with E-state index < -0.39 is 0 Å². The van der Waals surface area contributed by atoms with Gasteiger partial charge in [0.25, 0.3) is 0 Å². The first kappa shape index (κ1) is 23.9. The van der Waals surface area contributed by atoms with Gasteiger partial charge in [-0.05, 0) is 52.7 Å². The van der Waals surface area contributed by atoms with Crippen molar-refractivity contribution in [2.75, 3.05) is 44.8 Å². The van der Waals surface area contributed by atoms with Gasteiger partial charge in [-0.3, -0.25) is 4.90 Å². The summed E-state index contributed by atoms with van der Waals surface area (Å²) in [5.74, 6) is 2.62. The Morgan fingerprint density at radius 1 is 0.914 bits per heavy atom. The fraction of sp³-hybridized carbons (Fsp3) is 0.571. The molecule has 0 atom stereocenters. The van der Waals surface area contributed by atoms with Gasteiger partial charge in [-0.25, -0.2) is 0 Å². The van der Waals surface area contributed by atoms with Crippen molar-refractivity contribution in [3.63, 3.8) is 0 Å². The van der Waals surface area contributed by atoms with Crippen LogP contribution in [0.3, 0.4) is 0 Å². The molecule has 7 heteroatoms. The van der Waals surface area contributed by atoms with Gasteiger partial charge in [-0.1, -0.05) is 19.3 Å². The van der Waals surface area contributed by atoms with Gasteiger partial charge in [-0.2, -0.15) is 5.10 Å². The van der Waals surface area contributed by atoms with Crippen LogP contribution in [0.2, 0.25) is 0 Å². The topological polar surface area (TPSA) is 55.7 Å². The molecule has 0 bridgehead atoms. The lowest BCUT2D eigenvalue weighted by atomic mass is 9.94. The van der Waals surface area contributed by atoms with Crippen molar-refractivity contribution in [3.8, 4) is 17.2 Å². The lowest BCUT2D eigenvalue weighted by molar-refractivity contribution is 0.147. The number of aryl methyl sites for hydroxylation is 3. The van der Waals surface area contributed by atoms with Crippen LogP contribution in [0.4, 0.5) is 5.82 Å². The third-order valence-electron chi connectivity index (χ3n) is 7.93. The van der Waals surface area contributed by atoms with Crippen molar-refractivity contribution in [1.82, 2.24) is 19.7 Å². The van der Waals surface area contributed by atoms with Crippen LogP contribution in [0.1, 0.15) is 56.1 Å². The van der Waals surface area contributed by atoms with E-state index in [1.54, 1.807) is 7.11 Å². The zero-order valence-corrected chi connectivity index (χ0v) is 21.9. The molecule has 188 valence electrons. The van der Waals surface area contributed by atoms with Gasteiger partial charge in [-0.15, -0.1) is 5.10 Å². The number of piperazine rings is 1. The number of aromatic nitrogens is 3. The smallest absolute Gasteiger partial charge is 0.161 e. The van der Waals surface area contributed by atoms with Crippen LogP contribution >= 0.6 is 0 Å². The Morgan fingerprint density at radius 2 is 1.63 bits per heavy atom. The molecular weight excluding hydrogens is 438 g/mol. The molecule has 35 heavy (non-hydrogen) atoms. The van der Waals surface area contributed by atoms with Crippen LogP contribution in [0, 0.1) is 20.8 Å². The van der Waals surface area contributed by atoms with E-state index in [0.717, 1.165) is 66.6 Å². The minimum Gasteiger partial charge on any atom is -0.494 e. The fourth-order valence-corrected chi connectivity index (χ4v) is 6.20. The van der Waals surface area contributed by atoms with Gasteiger partial charge in [0.05, 0.1) is 25.1 Å². The van der Waals surface area contributed by atoms with Crippen molar-refractivity contribution in [1.29, 1.82) is 0 Å². The van der Waals surface area contributed by atoms with Crippen LogP contribution < -0.4 is 14.4 Å². The molecule has 3 aromatic rings. The normalized spacial score (nSPS) is 17.8. The highest BCUT2D eigenvalue weighted by Gasteiger charge is 2.29. The highest BCUT2D eigenvalue weighted by atomic mass is 16.5. The van der Waals surface area contributed by atoms with E-state index in [4.69, 9.17) is 14.6 Å². The molecule has 0 N–H and O–H groups in total. The zero-order chi connectivity index (χ0) is 24.5.